The number of hydrogen-bond donors (Lipinski definition) is 2. The van der Waals surface area contributed by atoms with E-state index in [-0.39, 0.29) is 11.7 Å². The summed E-state index contributed by atoms with van der Waals surface area (Å²) in [5.74, 6) is 0. The quantitative estimate of drug-likeness (QED) is 0.898. The van der Waals surface area contributed by atoms with Gasteiger partial charge in [0.05, 0.1) is 17.3 Å². The lowest BCUT2D eigenvalue weighted by Crippen LogP contribution is -2.32. The van der Waals surface area contributed by atoms with E-state index < -0.39 is 17.8 Å². The van der Waals surface area contributed by atoms with Crippen LogP contribution in [0, 0.1) is 0 Å². The Morgan fingerprint density at radius 3 is 2.74 bits per heavy atom. The van der Waals surface area contributed by atoms with Crippen LogP contribution in [0.25, 0.3) is 0 Å². The van der Waals surface area contributed by atoms with Gasteiger partial charge in [-0.15, -0.1) is 0 Å². The number of rotatable bonds is 4. The first-order valence-electron chi connectivity index (χ1n) is 7.07. The van der Waals surface area contributed by atoms with Gasteiger partial charge >= 0.3 is 12.2 Å². The van der Waals surface area contributed by atoms with Crippen molar-refractivity contribution in [1.29, 1.82) is 0 Å². The van der Waals surface area contributed by atoms with E-state index in [1.54, 1.807) is 23.9 Å². The average Bonchev–Trinajstić information content (AvgIpc) is 2.95. The fourth-order valence-corrected chi connectivity index (χ4v) is 2.19. The maximum atomic E-state index is 12.6. The van der Waals surface area contributed by atoms with Crippen LogP contribution in [0.4, 0.5) is 23.7 Å². The molecule has 2 rings (SSSR count). The Kier molecular flexibility index (Phi) is 4.92. The molecule has 2 N–H and O–H groups in total. The summed E-state index contributed by atoms with van der Waals surface area (Å²) in [6.07, 6.45) is -2.82. The number of nitrogens with zero attached hydrogens (tertiary/aromatic N) is 2. The molecule has 1 aromatic heterocycles. The van der Waals surface area contributed by atoms with Crippen molar-refractivity contribution in [3.63, 3.8) is 0 Å². The molecular weight excluding hydrogens is 309 g/mol. The largest absolute Gasteiger partial charge is 0.416 e. The van der Waals surface area contributed by atoms with Gasteiger partial charge in [-0.1, -0.05) is 6.07 Å². The topological polar surface area (TPSA) is 59.0 Å². The van der Waals surface area contributed by atoms with Crippen molar-refractivity contribution >= 4 is 11.7 Å². The summed E-state index contributed by atoms with van der Waals surface area (Å²) in [4.78, 5) is 11.9. The van der Waals surface area contributed by atoms with Crippen molar-refractivity contribution in [2.45, 2.75) is 32.6 Å². The molecule has 1 atom stereocenters. The highest BCUT2D eigenvalue weighted by Crippen LogP contribution is 2.30. The Labute approximate surface area is 131 Å². The van der Waals surface area contributed by atoms with Gasteiger partial charge in [-0.2, -0.15) is 18.3 Å². The molecule has 1 unspecified atom stereocenters. The third kappa shape index (κ3) is 4.24. The minimum Gasteiger partial charge on any atom is -0.330 e. The molecular formula is C15H17F3N4O. The predicted molar refractivity (Wildman–Crippen MR) is 79.9 cm³/mol. The molecule has 0 aliphatic rings. The molecule has 23 heavy (non-hydrogen) atoms. The van der Waals surface area contributed by atoms with E-state index in [9.17, 15) is 18.0 Å². The molecule has 0 aliphatic carbocycles. The zero-order chi connectivity index (χ0) is 17.0. The molecule has 0 spiro atoms. The van der Waals surface area contributed by atoms with Gasteiger partial charge in [0.1, 0.15) is 0 Å². The van der Waals surface area contributed by atoms with E-state index in [0.717, 1.165) is 17.8 Å². The number of alkyl halides is 3. The Morgan fingerprint density at radius 2 is 2.09 bits per heavy atom. The molecule has 5 nitrogen and oxygen atoms in total. The number of hydrogen-bond acceptors (Lipinski definition) is 2. The summed E-state index contributed by atoms with van der Waals surface area (Å²) in [6.45, 7) is 4.35. The van der Waals surface area contributed by atoms with Gasteiger partial charge in [0.25, 0.3) is 0 Å². The van der Waals surface area contributed by atoms with Gasteiger partial charge in [-0.3, -0.25) is 4.68 Å². The van der Waals surface area contributed by atoms with Crippen LogP contribution in [0.1, 0.15) is 31.1 Å². The number of aromatic nitrogens is 2. The molecule has 124 valence electrons. The maximum Gasteiger partial charge on any atom is 0.416 e. The number of anilines is 1. The summed E-state index contributed by atoms with van der Waals surface area (Å²) in [5.41, 5.74) is 0.0765. The second-order valence-electron chi connectivity index (χ2n) is 4.97. The summed E-state index contributed by atoms with van der Waals surface area (Å²) in [7, 11) is 0. The minimum atomic E-state index is -4.45. The molecule has 2 aromatic rings. The molecule has 0 aliphatic heterocycles. The molecule has 1 aromatic carbocycles. The normalized spacial score (nSPS) is 12.7. The van der Waals surface area contributed by atoms with Crippen molar-refractivity contribution < 1.29 is 18.0 Å². The van der Waals surface area contributed by atoms with E-state index in [4.69, 9.17) is 0 Å². The van der Waals surface area contributed by atoms with Crippen LogP contribution in [0.15, 0.2) is 36.5 Å². The number of aryl methyl sites for hydroxylation is 1. The van der Waals surface area contributed by atoms with Gasteiger partial charge < -0.3 is 10.6 Å². The van der Waals surface area contributed by atoms with Crippen LogP contribution in [0.5, 0.6) is 0 Å². The summed E-state index contributed by atoms with van der Waals surface area (Å²) in [6, 6.07) is 5.35. The molecule has 8 heteroatoms. The monoisotopic (exact) mass is 326 g/mol. The zero-order valence-electron chi connectivity index (χ0n) is 12.7. The van der Waals surface area contributed by atoms with Gasteiger partial charge in [-0.25, -0.2) is 4.79 Å². The lowest BCUT2D eigenvalue weighted by atomic mass is 10.2. The molecule has 1 heterocycles. The van der Waals surface area contributed by atoms with E-state index >= 15 is 0 Å². The first-order valence-corrected chi connectivity index (χ1v) is 7.07. The molecule has 0 saturated heterocycles. The third-order valence-electron chi connectivity index (χ3n) is 3.29. The van der Waals surface area contributed by atoms with Gasteiger partial charge in [0.2, 0.25) is 0 Å². The number of halogens is 3. The van der Waals surface area contributed by atoms with Crippen molar-refractivity contribution in [2.24, 2.45) is 0 Å². The van der Waals surface area contributed by atoms with Crippen LogP contribution in [-0.2, 0) is 12.7 Å². The third-order valence-corrected chi connectivity index (χ3v) is 3.29. The van der Waals surface area contributed by atoms with Gasteiger partial charge in [0, 0.05) is 18.4 Å². The second-order valence-corrected chi connectivity index (χ2v) is 4.97. The highest BCUT2D eigenvalue weighted by molar-refractivity contribution is 5.89. The Hall–Kier alpha value is -2.51. The van der Waals surface area contributed by atoms with Crippen LogP contribution in [0.3, 0.4) is 0 Å². The lowest BCUT2D eigenvalue weighted by Gasteiger charge is -2.16. The number of carbonyl (C=O) groups excluding carboxylic acids is 1. The van der Waals surface area contributed by atoms with Crippen molar-refractivity contribution in [3.05, 3.63) is 47.8 Å². The minimum absolute atomic E-state index is 0.0773. The first-order chi connectivity index (χ1) is 10.8. The Morgan fingerprint density at radius 1 is 1.35 bits per heavy atom. The van der Waals surface area contributed by atoms with Gasteiger partial charge in [0.15, 0.2) is 0 Å². The van der Waals surface area contributed by atoms with Gasteiger partial charge in [-0.05, 0) is 38.1 Å². The zero-order valence-corrected chi connectivity index (χ0v) is 12.7. The molecule has 0 radical (unpaired) electrons. The molecule has 0 fully saturated rings. The fraction of sp³-hybridized carbons (Fsp3) is 0.333. The average molecular weight is 326 g/mol. The first kappa shape index (κ1) is 16.9. The van der Waals surface area contributed by atoms with Crippen molar-refractivity contribution in [2.75, 3.05) is 5.32 Å². The highest BCUT2D eigenvalue weighted by Gasteiger charge is 2.30. The number of benzene rings is 1. The lowest BCUT2D eigenvalue weighted by molar-refractivity contribution is -0.137. The maximum absolute atomic E-state index is 12.6. The number of urea groups is 1. The molecule has 2 amide bonds. The molecule has 0 bridgehead atoms. The van der Waals surface area contributed by atoms with Crippen LogP contribution < -0.4 is 10.6 Å². The Balaban J connectivity index is 2.02. The number of carbonyl (C=O) groups is 1. The van der Waals surface area contributed by atoms with Crippen LogP contribution in [-0.4, -0.2) is 15.8 Å². The smallest absolute Gasteiger partial charge is 0.330 e. The van der Waals surface area contributed by atoms with Crippen molar-refractivity contribution in [3.8, 4) is 0 Å². The Bertz CT molecular complexity index is 681. The number of nitrogens with one attached hydrogen (secondary N) is 2. The van der Waals surface area contributed by atoms with E-state index in [0.29, 0.717) is 6.54 Å². The molecule has 0 saturated carbocycles. The fourth-order valence-electron chi connectivity index (χ4n) is 2.19. The summed E-state index contributed by atoms with van der Waals surface area (Å²) in [5, 5.41) is 9.18. The predicted octanol–water partition coefficient (Wildman–Crippen LogP) is 3.80. The van der Waals surface area contributed by atoms with Crippen LogP contribution >= 0.6 is 0 Å². The highest BCUT2D eigenvalue weighted by atomic mass is 19.4. The van der Waals surface area contributed by atoms with E-state index in [2.05, 4.69) is 15.7 Å². The standard InChI is InChI=1S/C15H17F3N4O/c1-3-22-13(7-8-19-22)10(2)20-14(23)21-12-6-4-5-11(9-12)15(16,17)18/h4-10H,3H2,1-2H3,(H2,20,21,23). The van der Waals surface area contributed by atoms with Crippen LogP contribution in [0.2, 0.25) is 0 Å². The number of amides is 2. The summed E-state index contributed by atoms with van der Waals surface area (Å²) >= 11 is 0. The second kappa shape index (κ2) is 6.72. The van der Waals surface area contributed by atoms with Crippen molar-refractivity contribution in [1.82, 2.24) is 15.1 Å². The summed E-state index contributed by atoms with van der Waals surface area (Å²) < 4.78 is 39.7. The SMILES string of the molecule is CCn1nccc1C(C)NC(=O)Nc1cccc(C(F)(F)F)c1. The van der Waals surface area contributed by atoms with E-state index in [1.165, 1.54) is 12.1 Å². The van der Waals surface area contributed by atoms with E-state index in [1.807, 2.05) is 6.92 Å².